The van der Waals surface area contributed by atoms with Crippen LogP contribution >= 0.6 is 0 Å². The normalized spacial score (nSPS) is 25.4. The Labute approximate surface area is 159 Å². The summed E-state index contributed by atoms with van der Waals surface area (Å²) in [5.41, 5.74) is 0. The highest BCUT2D eigenvalue weighted by Crippen LogP contribution is 2.30. The van der Waals surface area contributed by atoms with Crippen molar-refractivity contribution in [1.29, 1.82) is 0 Å². The van der Waals surface area contributed by atoms with Crippen LogP contribution in [0.25, 0.3) is 0 Å². The molecule has 2 fully saturated rings. The van der Waals surface area contributed by atoms with E-state index in [0.717, 1.165) is 32.1 Å². The smallest absolute Gasteiger partial charge is 0.239 e. The molecule has 2 heterocycles. The molecule has 1 saturated heterocycles. The number of ether oxygens (including phenoxy) is 1. The van der Waals surface area contributed by atoms with Crippen LogP contribution in [-0.2, 0) is 29.9 Å². The highest BCUT2D eigenvalue weighted by Gasteiger charge is 2.40. The van der Waals surface area contributed by atoms with Gasteiger partial charge in [-0.3, -0.25) is 9.59 Å². The summed E-state index contributed by atoms with van der Waals surface area (Å²) in [5.74, 6) is -0.646. The topological polar surface area (TPSA) is 103 Å². The van der Waals surface area contributed by atoms with E-state index in [4.69, 9.17) is 9.15 Å². The van der Waals surface area contributed by atoms with Crippen molar-refractivity contribution in [2.45, 2.75) is 68.6 Å². The number of ketones is 1. The number of hydrogen-bond acceptors (Lipinski definition) is 6. The fraction of sp³-hybridized carbons (Fsp3) is 0.684. The van der Waals surface area contributed by atoms with Gasteiger partial charge in [-0.1, -0.05) is 32.1 Å². The van der Waals surface area contributed by atoms with Crippen LogP contribution in [0.1, 0.15) is 51.2 Å². The van der Waals surface area contributed by atoms with Gasteiger partial charge in [0, 0.05) is 0 Å². The van der Waals surface area contributed by atoms with Crippen LogP contribution in [0.2, 0.25) is 0 Å². The van der Waals surface area contributed by atoms with Gasteiger partial charge in [0.05, 0.1) is 12.4 Å². The lowest BCUT2D eigenvalue weighted by Gasteiger charge is -2.27. The van der Waals surface area contributed by atoms with Gasteiger partial charge < -0.3 is 14.5 Å². The molecule has 1 aliphatic carbocycles. The van der Waals surface area contributed by atoms with Gasteiger partial charge in [-0.15, -0.1) is 0 Å². The maximum atomic E-state index is 13.0. The zero-order chi connectivity index (χ0) is 19.4. The molecule has 7 nitrogen and oxygen atoms in total. The van der Waals surface area contributed by atoms with Gasteiger partial charge in [-0.05, 0) is 31.4 Å². The molecule has 1 saturated carbocycles. The van der Waals surface area contributed by atoms with Crippen molar-refractivity contribution in [1.82, 2.24) is 5.32 Å². The van der Waals surface area contributed by atoms with Crippen LogP contribution < -0.4 is 5.32 Å². The molecule has 1 aromatic rings. The van der Waals surface area contributed by atoms with Gasteiger partial charge in [-0.2, -0.15) is 0 Å². The highest BCUT2D eigenvalue weighted by molar-refractivity contribution is 7.92. The summed E-state index contributed by atoms with van der Waals surface area (Å²) in [5, 5.41) is 1.44. The number of amides is 1. The van der Waals surface area contributed by atoms with Crippen molar-refractivity contribution in [3.63, 3.8) is 0 Å². The molecule has 1 N–H and O–H groups in total. The van der Waals surface area contributed by atoms with E-state index in [1.54, 1.807) is 19.1 Å². The average molecular weight is 397 g/mol. The fourth-order valence-corrected chi connectivity index (χ4v) is 5.66. The Morgan fingerprint density at radius 2 is 2.04 bits per heavy atom. The molecule has 0 radical (unpaired) electrons. The molecule has 8 heteroatoms. The van der Waals surface area contributed by atoms with E-state index in [0.29, 0.717) is 5.76 Å². The lowest BCUT2D eigenvalue weighted by molar-refractivity contribution is -0.126. The maximum absolute atomic E-state index is 13.0. The number of nitrogens with one attached hydrogen (secondary N) is 1. The fourth-order valence-electron chi connectivity index (χ4n) is 3.94. The van der Waals surface area contributed by atoms with Crippen molar-refractivity contribution >= 4 is 21.5 Å². The molecule has 27 heavy (non-hydrogen) atoms. The van der Waals surface area contributed by atoms with Gasteiger partial charge in [0.25, 0.3) is 0 Å². The Balaban J connectivity index is 1.77. The molecule has 0 spiro atoms. The summed E-state index contributed by atoms with van der Waals surface area (Å²) >= 11 is 0. The molecular formula is C19H27NO6S. The maximum Gasteiger partial charge on any atom is 0.239 e. The molecule has 1 amide bonds. The largest absolute Gasteiger partial charge is 0.468 e. The molecule has 2 aliphatic rings. The van der Waals surface area contributed by atoms with E-state index in [9.17, 15) is 18.0 Å². The number of hydrogen-bond donors (Lipinski definition) is 1. The second-order valence-electron chi connectivity index (χ2n) is 7.58. The highest BCUT2D eigenvalue weighted by atomic mass is 32.2. The number of furan rings is 1. The summed E-state index contributed by atoms with van der Waals surface area (Å²) in [7, 11) is -3.78. The number of carbonyl (C=O) groups is 2. The van der Waals surface area contributed by atoms with E-state index in [1.807, 2.05) is 0 Å². The zero-order valence-electron chi connectivity index (χ0n) is 15.6. The summed E-state index contributed by atoms with van der Waals surface area (Å²) in [6.45, 7) is 1.64. The molecule has 3 rings (SSSR count). The molecular weight excluding hydrogens is 370 g/mol. The van der Waals surface area contributed by atoms with Gasteiger partial charge in [0.2, 0.25) is 5.91 Å². The molecule has 150 valence electrons. The minimum Gasteiger partial charge on any atom is -0.468 e. The third kappa shape index (κ3) is 4.99. The van der Waals surface area contributed by atoms with Crippen molar-refractivity contribution < 1.29 is 27.2 Å². The Bertz CT molecular complexity index is 751. The van der Waals surface area contributed by atoms with Crippen LogP contribution in [-0.4, -0.2) is 44.1 Å². The standard InChI is InChI=1S/C19H27NO6S/c1-13-18(16(21)11-26-13)20-19(22)17(10-14-6-3-2-4-7-14)27(23,24)12-15-8-5-9-25-15/h5,8-9,13-14,17-18H,2-4,6-7,10-12H2,1H3,(H,20,22)/t13-,17-,18+/m1/s1. The molecule has 0 aromatic carbocycles. The predicted molar refractivity (Wildman–Crippen MR) is 98.7 cm³/mol. The van der Waals surface area contributed by atoms with E-state index in [1.165, 1.54) is 6.26 Å². The first-order valence-electron chi connectivity index (χ1n) is 9.55. The zero-order valence-corrected chi connectivity index (χ0v) is 16.4. The van der Waals surface area contributed by atoms with Crippen molar-refractivity contribution in [3.05, 3.63) is 24.2 Å². The summed E-state index contributed by atoms with van der Waals surface area (Å²) < 4.78 is 36.4. The van der Waals surface area contributed by atoms with Gasteiger partial charge in [-0.25, -0.2) is 8.42 Å². The van der Waals surface area contributed by atoms with Gasteiger partial charge in [0.15, 0.2) is 15.6 Å². The Hall–Kier alpha value is -1.67. The van der Waals surface area contributed by atoms with Gasteiger partial charge >= 0.3 is 0 Å². The third-order valence-corrected chi connectivity index (χ3v) is 7.48. The lowest BCUT2D eigenvalue weighted by atomic mass is 9.86. The van der Waals surface area contributed by atoms with Crippen molar-refractivity contribution in [2.24, 2.45) is 5.92 Å². The van der Waals surface area contributed by atoms with Gasteiger partial charge in [0.1, 0.15) is 29.4 Å². The number of sulfone groups is 1. The molecule has 1 aromatic heterocycles. The van der Waals surface area contributed by atoms with Crippen LogP contribution in [0.15, 0.2) is 22.8 Å². The summed E-state index contributed by atoms with van der Waals surface area (Å²) in [6, 6.07) is 2.42. The first-order chi connectivity index (χ1) is 12.9. The first-order valence-corrected chi connectivity index (χ1v) is 11.3. The van der Waals surface area contributed by atoms with E-state index < -0.39 is 33.1 Å². The number of rotatable bonds is 7. The summed E-state index contributed by atoms with van der Waals surface area (Å²) in [4.78, 5) is 24.8. The quantitative estimate of drug-likeness (QED) is 0.755. The van der Waals surface area contributed by atoms with Crippen LogP contribution in [0.5, 0.6) is 0 Å². The Kier molecular flexibility index (Phi) is 6.37. The minimum atomic E-state index is -3.78. The predicted octanol–water partition coefficient (Wildman–Crippen LogP) is 2.01. The van der Waals surface area contributed by atoms with Crippen molar-refractivity contribution in [2.75, 3.05) is 6.61 Å². The molecule has 0 unspecified atom stereocenters. The second-order valence-corrected chi connectivity index (χ2v) is 9.77. The van der Waals surface area contributed by atoms with Crippen LogP contribution in [0.4, 0.5) is 0 Å². The Morgan fingerprint density at radius 3 is 2.63 bits per heavy atom. The van der Waals surface area contributed by atoms with E-state index >= 15 is 0 Å². The number of Topliss-reactive ketones (excluding diaryl/α,β-unsaturated/α-hetero) is 1. The lowest BCUT2D eigenvalue weighted by Crippen LogP contribution is -2.50. The number of carbonyl (C=O) groups excluding carboxylic acids is 2. The first kappa shape index (κ1) is 20.1. The van der Waals surface area contributed by atoms with Crippen LogP contribution in [0.3, 0.4) is 0 Å². The van der Waals surface area contributed by atoms with Crippen LogP contribution in [0, 0.1) is 5.92 Å². The molecule has 3 atom stereocenters. The molecule has 1 aliphatic heterocycles. The Morgan fingerprint density at radius 1 is 1.30 bits per heavy atom. The van der Waals surface area contributed by atoms with E-state index in [2.05, 4.69) is 5.32 Å². The van der Waals surface area contributed by atoms with E-state index in [-0.39, 0.29) is 30.5 Å². The summed E-state index contributed by atoms with van der Waals surface area (Å²) in [6.07, 6.45) is 6.38. The monoisotopic (exact) mass is 397 g/mol. The average Bonchev–Trinajstić information content (AvgIpc) is 3.25. The van der Waals surface area contributed by atoms with Crippen molar-refractivity contribution in [3.8, 4) is 0 Å². The SMILES string of the molecule is C[C@H]1OCC(=O)[C@H]1NC(=O)[C@@H](CC1CCCCC1)S(=O)(=O)Cc1ccco1. The minimum absolute atomic E-state index is 0.0570. The second kappa shape index (κ2) is 8.56. The molecule has 0 bridgehead atoms. The third-order valence-electron chi connectivity index (χ3n) is 5.52.